The molecule has 2 atom stereocenters. The van der Waals surface area contributed by atoms with Crippen LogP contribution in [0.3, 0.4) is 0 Å². The van der Waals surface area contributed by atoms with Gasteiger partial charge in [0.2, 0.25) is 0 Å². The second-order valence-corrected chi connectivity index (χ2v) is 8.96. The van der Waals surface area contributed by atoms with Gasteiger partial charge in [0.25, 0.3) is 0 Å². The third-order valence-electron chi connectivity index (χ3n) is 4.48. The number of carbonyl (C=O) groups is 1. The van der Waals surface area contributed by atoms with Crippen LogP contribution in [-0.4, -0.2) is 47.9 Å². The summed E-state index contributed by atoms with van der Waals surface area (Å²) in [6, 6.07) is -0.273. The lowest BCUT2D eigenvalue weighted by Gasteiger charge is -2.40. The fourth-order valence-corrected chi connectivity index (χ4v) is 3.07. The molecule has 6 heteroatoms. The van der Waals surface area contributed by atoms with Gasteiger partial charge in [0, 0.05) is 6.61 Å². The van der Waals surface area contributed by atoms with Crippen molar-refractivity contribution in [2.24, 2.45) is 0 Å². The molecule has 1 rings (SSSR count). The number of allylic oxidation sites excluding steroid dienone is 1. The number of nitrogens with one attached hydrogen (secondary N) is 1. The van der Waals surface area contributed by atoms with E-state index in [2.05, 4.69) is 11.4 Å². The third-order valence-corrected chi connectivity index (χ3v) is 4.48. The molecule has 164 valence electrons. The number of alkyl carbamates (subject to hydrolysis) is 1. The van der Waals surface area contributed by atoms with Crippen molar-refractivity contribution in [1.29, 1.82) is 0 Å². The van der Waals surface area contributed by atoms with E-state index in [9.17, 15) is 4.79 Å². The van der Waals surface area contributed by atoms with Crippen LogP contribution in [0.2, 0.25) is 0 Å². The highest BCUT2D eigenvalue weighted by molar-refractivity contribution is 5.68. The molecule has 1 heterocycles. The molecule has 6 nitrogen and oxygen atoms in total. The Balaban J connectivity index is 2.37. The molecule has 1 amide bonds. The predicted molar refractivity (Wildman–Crippen MR) is 111 cm³/mol. The summed E-state index contributed by atoms with van der Waals surface area (Å²) in [5.41, 5.74) is -0.539. The van der Waals surface area contributed by atoms with Gasteiger partial charge in [-0.15, -0.1) is 0 Å². The van der Waals surface area contributed by atoms with Crippen molar-refractivity contribution in [2.45, 2.75) is 110 Å². The minimum Gasteiger partial charge on any atom is -0.444 e. The molecule has 0 saturated carbocycles. The Labute approximate surface area is 171 Å². The van der Waals surface area contributed by atoms with Crippen molar-refractivity contribution in [1.82, 2.24) is 5.32 Å². The van der Waals surface area contributed by atoms with Gasteiger partial charge in [0.1, 0.15) is 11.7 Å². The van der Waals surface area contributed by atoms with Crippen LogP contribution in [0.4, 0.5) is 4.79 Å². The lowest BCUT2D eigenvalue weighted by molar-refractivity contribution is -0.271. The topological polar surface area (TPSA) is 77.0 Å². The molecule has 2 unspecified atom stereocenters. The van der Waals surface area contributed by atoms with Gasteiger partial charge in [-0.2, -0.15) is 0 Å². The SMILES string of the molecule is CC(C)(C)OC(=O)NC1COC(C)(C)OC1/C=C/CCCCCCCCCO. The van der Waals surface area contributed by atoms with Crippen LogP contribution in [0.1, 0.15) is 86.0 Å². The molecule has 0 spiro atoms. The van der Waals surface area contributed by atoms with Gasteiger partial charge in [-0.1, -0.05) is 44.3 Å². The molecule has 28 heavy (non-hydrogen) atoms. The Morgan fingerprint density at radius 1 is 1.14 bits per heavy atom. The molecule has 2 N–H and O–H groups in total. The predicted octanol–water partition coefficient (Wildman–Crippen LogP) is 4.70. The van der Waals surface area contributed by atoms with E-state index in [1.807, 2.05) is 40.7 Å². The molecule has 0 aliphatic carbocycles. The highest BCUT2D eigenvalue weighted by Gasteiger charge is 2.36. The van der Waals surface area contributed by atoms with E-state index in [0.717, 1.165) is 25.7 Å². The van der Waals surface area contributed by atoms with Gasteiger partial charge < -0.3 is 24.6 Å². The van der Waals surface area contributed by atoms with Crippen LogP contribution in [-0.2, 0) is 14.2 Å². The zero-order valence-corrected chi connectivity index (χ0v) is 18.5. The molecule has 0 aromatic heterocycles. The van der Waals surface area contributed by atoms with Crippen molar-refractivity contribution >= 4 is 6.09 Å². The largest absolute Gasteiger partial charge is 0.444 e. The summed E-state index contributed by atoms with van der Waals surface area (Å²) in [5.74, 6) is -0.671. The summed E-state index contributed by atoms with van der Waals surface area (Å²) in [7, 11) is 0. The highest BCUT2D eigenvalue weighted by Crippen LogP contribution is 2.24. The van der Waals surface area contributed by atoms with Gasteiger partial charge in [-0.05, 0) is 53.9 Å². The zero-order chi connectivity index (χ0) is 21.0. The second-order valence-electron chi connectivity index (χ2n) is 8.96. The standard InChI is InChI=1S/C22H41NO5/c1-21(2,3)28-20(25)23-18-17-26-22(4,5)27-19(18)15-13-11-9-7-6-8-10-12-14-16-24/h13,15,18-19,24H,6-12,14,16-17H2,1-5H3,(H,23,25)/b15-13+. The summed E-state index contributed by atoms with van der Waals surface area (Å²) < 4.78 is 17.0. The molecule has 1 fully saturated rings. The van der Waals surface area contributed by atoms with E-state index in [-0.39, 0.29) is 12.1 Å². The first-order valence-corrected chi connectivity index (χ1v) is 10.7. The number of hydrogen-bond acceptors (Lipinski definition) is 5. The van der Waals surface area contributed by atoms with Gasteiger partial charge in [-0.25, -0.2) is 4.79 Å². The number of aliphatic hydroxyl groups is 1. The summed E-state index contributed by atoms with van der Waals surface area (Å²) in [5, 5.41) is 11.6. The molecular formula is C22H41NO5. The maximum absolute atomic E-state index is 12.1. The molecule has 0 bridgehead atoms. The van der Waals surface area contributed by atoms with E-state index in [4.69, 9.17) is 19.3 Å². The average molecular weight is 400 g/mol. The Kier molecular flexibility index (Phi) is 11.1. The first-order valence-electron chi connectivity index (χ1n) is 10.7. The van der Waals surface area contributed by atoms with Gasteiger partial charge in [-0.3, -0.25) is 0 Å². The molecule has 0 aromatic carbocycles. The lowest BCUT2D eigenvalue weighted by Crippen LogP contribution is -2.55. The van der Waals surface area contributed by atoms with E-state index in [0.29, 0.717) is 13.2 Å². The fraction of sp³-hybridized carbons (Fsp3) is 0.864. The highest BCUT2D eigenvalue weighted by atomic mass is 16.7. The van der Waals surface area contributed by atoms with Crippen molar-refractivity contribution in [2.75, 3.05) is 13.2 Å². The van der Waals surface area contributed by atoms with Crippen LogP contribution in [0.5, 0.6) is 0 Å². The Hall–Kier alpha value is -1.11. The monoisotopic (exact) mass is 399 g/mol. The number of amides is 1. The quantitative estimate of drug-likeness (QED) is 0.389. The lowest BCUT2D eigenvalue weighted by atomic mass is 10.1. The van der Waals surface area contributed by atoms with E-state index >= 15 is 0 Å². The van der Waals surface area contributed by atoms with Gasteiger partial charge in [0.15, 0.2) is 5.79 Å². The van der Waals surface area contributed by atoms with Gasteiger partial charge in [0.05, 0.1) is 12.6 Å². The van der Waals surface area contributed by atoms with E-state index < -0.39 is 17.5 Å². The minimum absolute atomic E-state index is 0.241. The van der Waals surface area contributed by atoms with Crippen molar-refractivity contribution in [3.05, 3.63) is 12.2 Å². The number of aliphatic hydroxyl groups excluding tert-OH is 1. The Bertz CT molecular complexity index is 470. The number of ether oxygens (including phenoxy) is 3. The first kappa shape index (κ1) is 24.9. The molecule has 0 aromatic rings. The van der Waals surface area contributed by atoms with Crippen LogP contribution in [0.15, 0.2) is 12.2 Å². The average Bonchev–Trinajstić information content (AvgIpc) is 2.57. The van der Waals surface area contributed by atoms with Crippen LogP contribution in [0.25, 0.3) is 0 Å². The van der Waals surface area contributed by atoms with Crippen LogP contribution < -0.4 is 5.32 Å². The minimum atomic E-state index is -0.671. The fourth-order valence-electron chi connectivity index (χ4n) is 3.07. The maximum Gasteiger partial charge on any atom is 0.408 e. The second kappa shape index (κ2) is 12.5. The summed E-state index contributed by atoms with van der Waals surface area (Å²) in [6.07, 6.45) is 12.6. The summed E-state index contributed by atoms with van der Waals surface area (Å²) >= 11 is 0. The Morgan fingerprint density at radius 3 is 2.36 bits per heavy atom. The maximum atomic E-state index is 12.1. The zero-order valence-electron chi connectivity index (χ0n) is 18.5. The number of hydrogen-bond donors (Lipinski definition) is 2. The van der Waals surface area contributed by atoms with E-state index in [1.165, 1.54) is 25.7 Å². The number of unbranched alkanes of at least 4 members (excludes halogenated alkanes) is 7. The van der Waals surface area contributed by atoms with Crippen molar-refractivity contribution in [3.8, 4) is 0 Å². The first-order chi connectivity index (χ1) is 13.1. The summed E-state index contributed by atoms with van der Waals surface area (Å²) in [6.45, 7) is 9.98. The Morgan fingerprint density at radius 2 is 1.75 bits per heavy atom. The smallest absolute Gasteiger partial charge is 0.408 e. The van der Waals surface area contributed by atoms with Crippen molar-refractivity contribution in [3.63, 3.8) is 0 Å². The molecule has 1 aliphatic rings. The molecular weight excluding hydrogens is 358 g/mol. The molecule has 1 saturated heterocycles. The molecule has 0 radical (unpaired) electrons. The normalized spacial score (nSPS) is 22.4. The van der Waals surface area contributed by atoms with Crippen LogP contribution in [0, 0.1) is 0 Å². The van der Waals surface area contributed by atoms with Gasteiger partial charge >= 0.3 is 6.09 Å². The number of rotatable bonds is 11. The summed E-state index contributed by atoms with van der Waals surface area (Å²) in [4.78, 5) is 12.1. The van der Waals surface area contributed by atoms with Crippen molar-refractivity contribution < 1.29 is 24.1 Å². The van der Waals surface area contributed by atoms with Crippen LogP contribution >= 0.6 is 0 Å². The number of carbonyl (C=O) groups excluding carboxylic acids is 1. The molecule has 1 aliphatic heterocycles. The van der Waals surface area contributed by atoms with E-state index in [1.54, 1.807) is 0 Å². The third kappa shape index (κ3) is 11.7.